The summed E-state index contributed by atoms with van der Waals surface area (Å²) < 4.78 is 0. The van der Waals surface area contributed by atoms with Crippen LogP contribution in [0.15, 0.2) is 24.7 Å². The van der Waals surface area contributed by atoms with Crippen molar-refractivity contribution in [1.82, 2.24) is 9.97 Å². The Balaban J connectivity index is -0.000000276. The van der Waals surface area contributed by atoms with E-state index in [1.165, 1.54) is 0 Å². The first-order chi connectivity index (χ1) is 8.76. The quantitative estimate of drug-likeness (QED) is 0.510. The SMILES string of the molecule is C=Cc1nc(C=C)c(C=NCC)nc1C=C.CC.[CH3-].[Y].[Y]. The Labute approximate surface area is 180 Å². The number of hydrogen-bond donors (Lipinski definition) is 0. The molecule has 0 saturated heterocycles. The average Bonchev–Trinajstić information content (AvgIpc) is 2.46. The van der Waals surface area contributed by atoms with Crippen LogP contribution in [0.25, 0.3) is 18.2 Å². The average molecular weight is 436 g/mol. The number of hydrogen-bond acceptors (Lipinski definition) is 3. The Morgan fingerprint density at radius 2 is 1.19 bits per heavy atom. The minimum atomic E-state index is 0. The maximum absolute atomic E-state index is 4.40. The fourth-order valence-electron chi connectivity index (χ4n) is 1.21. The van der Waals surface area contributed by atoms with E-state index in [4.69, 9.17) is 0 Å². The molecule has 21 heavy (non-hydrogen) atoms. The number of nitrogens with zero attached hydrogens (tertiary/aromatic N) is 3. The van der Waals surface area contributed by atoms with Gasteiger partial charge in [0.2, 0.25) is 0 Å². The summed E-state index contributed by atoms with van der Waals surface area (Å²) in [4.78, 5) is 12.9. The second-order valence-corrected chi connectivity index (χ2v) is 3.00. The third-order valence-corrected chi connectivity index (χ3v) is 1.98. The molecule has 0 N–H and O–H groups in total. The van der Waals surface area contributed by atoms with Gasteiger partial charge in [-0.3, -0.25) is 4.99 Å². The van der Waals surface area contributed by atoms with Crippen molar-refractivity contribution in [2.24, 2.45) is 4.99 Å². The van der Waals surface area contributed by atoms with Gasteiger partial charge in [0.25, 0.3) is 0 Å². The van der Waals surface area contributed by atoms with Gasteiger partial charge in [-0.15, -0.1) is 0 Å². The fraction of sp³-hybridized carbons (Fsp3) is 0.250. The molecule has 0 atom stereocenters. The van der Waals surface area contributed by atoms with Crippen LogP contribution >= 0.6 is 0 Å². The van der Waals surface area contributed by atoms with Crippen molar-refractivity contribution >= 4 is 24.4 Å². The summed E-state index contributed by atoms with van der Waals surface area (Å²) in [5.74, 6) is 0. The van der Waals surface area contributed by atoms with Gasteiger partial charge in [0.05, 0.1) is 17.1 Å². The van der Waals surface area contributed by atoms with Gasteiger partial charge in [-0.25, -0.2) is 9.97 Å². The molecule has 0 unspecified atom stereocenters. The first-order valence-electron chi connectivity index (χ1n) is 6.06. The largest absolute Gasteiger partial charge is 0.358 e. The van der Waals surface area contributed by atoms with Crippen LogP contribution in [-0.2, 0) is 65.4 Å². The fourth-order valence-corrected chi connectivity index (χ4v) is 1.21. The molecule has 110 valence electrons. The van der Waals surface area contributed by atoms with Crippen molar-refractivity contribution in [3.8, 4) is 0 Å². The van der Waals surface area contributed by atoms with Crippen LogP contribution in [0, 0.1) is 7.43 Å². The second kappa shape index (κ2) is 18.2. The van der Waals surface area contributed by atoms with Gasteiger partial charge in [0.1, 0.15) is 5.69 Å². The minimum absolute atomic E-state index is 0. The van der Waals surface area contributed by atoms with Gasteiger partial charge in [0.15, 0.2) is 0 Å². The number of aromatic nitrogens is 2. The molecule has 0 aromatic carbocycles. The van der Waals surface area contributed by atoms with E-state index in [0.29, 0.717) is 29.3 Å². The van der Waals surface area contributed by atoms with Crippen LogP contribution in [0.5, 0.6) is 0 Å². The first kappa shape index (κ1) is 29.2. The maximum Gasteiger partial charge on any atom is 0.107 e. The van der Waals surface area contributed by atoms with Crippen LogP contribution < -0.4 is 0 Å². The van der Waals surface area contributed by atoms with Crippen LogP contribution in [0.4, 0.5) is 0 Å². The molecule has 1 heterocycles. The van der Waals surface area contributed by atoms with E-state index in [9.17, 15) is 0 Å². The molecule has 0 aliphatic carbocycles. The first-order valence-corrected chi connectivity index (χ1v) is 6.06. The molecule has 1 aromatic heterocycles. The number of aliphatic imine (C=N–C) groups is 1. The minimum Gasteiger partial charge on any atom is -0.358 e. The van der Waals surface area contributed by atoms with E-state index in [-0.39, 0.29) is 72.8 Å². The summed E-state index contributed by atoms with van der Waals surface area (Å²) in [6.07, 6.45) is 6.66. The Bertz CT molecular complexity index is 455. The molecule has 1 rings (SSSR count). The van der Waals surface area contributed by atoms with Gasteiger partial charge in [0, 0.05) is 78.2 Å². The van der Waals surface area contributed by atoms with Gasteiger partial charge in [-0.05, 0) is 25.2 Å². The van der Waals surface area contributed by atoms with E-state index < -0.39 is 0 Å². The number of rotatable bonds is 5. The van der Waals surface area contributed by atoms with Crippen molar-refractivity contribution in [3.63, 3.8) is 0 Å². The zero-order valence-corrected chi connectivity index (χ0v) is 19.3. The van der Waals surface area contributed by atoms with Crippen molar-refractivity contribution < 1.29 is 65.4 Å². The summed E-state index contributed by atoms with van der Waals surface area (Å²) in [5, 5.41) is 0. The summed E-state index contributed by atoms with van der Waals surface area (Å²) in [5.41, 5.74) is 2.83. The standard InChI is InChI=1S/C13H15N3.C2H6.CH3.2Y/c1-5-10-11(6-2)16-13(9-14-8-4)12(7-3)15-10;1-2;;;/h5-7,9H,1-3,8H2,4H3;1-2H3;1H3;;/q;;-1;;. The summed E-state index contributed by atoms with van der Waals surface area (Å²) in [6.45, 7) is 17.8. The van der Waals surface area contributed by atoms with Gasteiger partial charge < -0.3 is 7.43 Å². The summed E-state index contributed by atoms with van der Waals surface area (Å²) >= 11 is 0. The monoisotopic (exact) mass is 436 g/mol. The molecule has 0 aliphatic rings. The predicted molar refractivity (Wildman–Crippen MR) is 88.2 cm³/mol. The molecule has 0 bridgehead atoms. The molecular weight excluding hydrogens is 412 g/mol. The van der Waals surface area contributed by atoms with Crippen molar-refractivity contribution in [2.45, 2.75) is 20.8 Å². The Kier molecular flexibility index (Phi) is 25.4. The van der Waals surface area contributed by atoms with E-state index in [0.717, 1.165) is 0 Å². The predicted octanol–water partition coefficient (Wildman–Crippen LogP) is 4.32. The molecular formula is C16H24N3Y2-. The Morgan fingerprint density at radius 3 is 1.52 bits per heavy atom. The Morgan fingerprint density at radius 1 is 0.857 bits per heavy atom. The molecule has 5 heteroatoms. The third kappa shape index (κ3) is 9.73. The third-order valence-electron chi connectivity index (χ3n) is 1.98. The van der Waals surface area contributed by atoms with Gasteiger partial charge in [-0.2, -0.15) is 0 Å². The smallest absolute Gasteiger partial charge is 0.107 e. The molecule has 3 nitrogen and oxygen atoms in total. The van der Waals surface area contributed by atoms with E-state index in [2.05, 4.69) is 34.7 Å². The molecule has 0 saturated carbocycles. The topological polar surface area (TPSA) is 38.1 Å². The van der Waals surface area contributed by atoms with Crippen molar-refractivity contribution in [2.75, 3.05) is 6.54 Å². The molecule has 0 amide bonds. The van der Waals surface area contributed by atoms with E-state index in [1.807, 2.05) is 20.8 Å². The van der Waals surface area contributed by atoms with Crippen LogP contribution in [0.3, 0.4) is 0 Å². The zero-order valence-electron chi connectivity index (χ0n) is 13.6. The normalized spacial score (nSPS) is 8.14. The second-order valence-electron chi connectivity index (χ2n) is 3.00. The zero-order chi connectivity index (χ0) is 14.0. The van der Waals surface area contributed by atoms with E-state index in [1.54, 1.807) is 24.4 Å². The Hall–Kier alpha value is 0.178. The molecule has 0 aliphatic heterocycles. The van der Waals surface area contributed by atoms with Crippen molar-refractivity contribution in [3.05, 3.63) is 49.9 Å². The van der Waals surface area contributed by atoms with Crippen LogP contribution in [0.1, 0.15) is 43.5 Å². The summed E-state index contributed by atoms with van der Waals surface area (Å²) in [6, 6.07) is 0. The summed E-state index contributed by atoms with van der Waals surface area (Å²) in [7, 11) is 0. The molecule has 0 fully saturated rings. The molecule has 1 aromatic rings. The molecule has 0 spiro atoms. The van der Waals surface area contributed by atoms with Crippen molar-refractivity contribution in [1.29, 1.82) is 0 Å². The van der Waals surface area contributed by atoms with Crippen LogP contribution in [-0.4, -0.2) is 22.7 Å². The maximum atomic E-state index is 4.40. The van der Waals surface area contributed by atoms with Gasteiger partial charge in [-0.1, -0.05) is 33.6 Å². The van der Waals surface area contributed by atoms with Gasteiger partial charge >= 0.3 is 0 Å². The van der Waals surface area contributed by atoms with E-state index >= 15 is 0 Å². The van der Waals surface area contributed by atoms with Crippen LogP contribution in [0.2, 0.25) is 0 Å². The molecule has 2 radical (unpaired) electrons.